The minimum absolute atomic E-state index is 0.111. The van der Waals surface area contributed by atoms with Crippen LogP contribution in [0.3, 0.4) is 0 Å². The Morgan fingerprint density at radius 3 is 1.63 bits per heavy atom. The second-order valence-electron chi connectivity index (χ2n) is 12.2. The third-order valence-corrected chi connectivity index (χ3v) is 9.19. The molecule has 3 saturated heterocycles. The molecule has 4 fully saturated rings. The number of alkyl halides is 1. The first-order valence-electron chi connectivity index (χ1n) is 16.2. The van der Waals surface area contributed by atoms with Gasteiger partial charge in [-0.05, 0) is 46.0 Å². The standard InChI is InChI=1S/C24H35FN18O11/c1-2-8-20(53-23-13(37-43-31)17(47)16(46)10(51-23)5-33-39-27)18(48)24(49-8)54-21-14(44)6(34-40-28)3-7(35-41-29)19(21)52-22-12(36-42-30)11(25)15(45)9(50-22)4-32-38-26/h6-24,44-48H,2-5H2,1H3/t6-,7+,8-,9-,10+,11-,12-,13-,14+,15+,16-,17-,18-,19-,20-,21-,22-,23-,24+/m1/s1. The van der Waals surface area contributed by atoms with Crippen molar-refractivity contribution in [1.82, 2.24) is 0 Å². The van der Waals surface area contributed by atoms with Gasteiger partial charge >= 0.3 is 0 Å². The molecule has 30 heteroatoms. The molecule has 1 aliphatic carbocycles. The van der Waals surface area contributed by atoms with E-state index in [2.05, 4.69) is 60.2 Å². The van der Waals surface area contributed by atoms with Gasteiger partial charge in [-0.1, -0.05) is 37.6 Å². The minimum Gasteiger partial charge on any atom is -0.390 e. The minimum atomic E-state index is -2.34. The van der Waals surface area contributed by atoms with E-state index >= 15 is 4.39 Å². The van der Waals surface area contributed by atoms with Gasteiger partial charge in [0, 0.05) is 29.5 Å². The largest absolute Gasteiger partial charge is 0.390 e. The van der Waals surface area contributed by atoms with Gasteiger partial charge in [-0.3, -0.25) is 0 Å². The highest BCUT2D eigenvalue weighted by molar-refractivity contribution is 5.04. The Kier molecular flexibility index (Phi) is 15.3. The number of aliphatic hydroxyl groups excluding tert-OH is 5. The van der Waals surface area contributed by atoms with Crippen LogP contribution in [-0.4, -0.2) is 155 Å². The van der Waals surface area contributed by atoms with Gasteiger partial charge in [-0.25, -0.2) is 4.39 Å². The molecule has 29 nitrogen and oxygen atoms in total. The molecule has 5 N–H and O–H groups in total. The van der Waals surface area contributed by atoms with Gasteiger partial charge < -0.3 is 54.0 Å². The zero-order valence-electron chi connectivity index (χ0n) is 27.9. The predicted molar refractivity (Wildman–Crippen MR) is 170 cm³/mol. The Bertz CT molecular complexity index is 1600. The van der Waals surface area contributed by atoms with Gasteiger partial charge in [0.2, 0.25) is 0 Å². The monoisotopic (exact) mass is 770 g/mol. The summed E-state index contributed by atoms with van der Waals surface area (Å²) in [6.07, 6.45) is -25.7. The zero-order valence-corrected chi connectivity index (χ0v) is 27.9. The van der Waals surface area contributed by atoms with E-state index in [4.69, 9.17) is 50.5 Å². The summed E-state index contributed by atoms with van der Waals surface area (Å²) in [5.74, 6) is 0. The van der Waals surface area contributed by atoms with Crippen molar-refractivity contribution in [2.45, 2.75) is 136 Å². The van der Waals surface area contributed by atoms with E-state index in [9.17, 15) is 36.6 Å². The summed E-state index contributed by atoms with van der Waals surface area (Å²) < 4.78 is 50.5. The van der Waals surface area contributed by atoms with Crippen LogP contribution in [0.5, 0.6) is 0 Å². The number of hydrogen-bond donors (Lipinski definition) is 5. The van der Waals surface area contributed by atoms with Crippen molar-refractivity contribution in [2.24, 2.45) is 30.7 Å². The summed E-state index contributed by atoms with van der Waals surface area (Å²) in [5, 5.41) is 75.0. The van der Waals surface area contributed by atoms with Crippen LogP contribution in [0.2, 0.25) is 0 Å². The second-order valence-corrected chi connectivity index (χ2v) is 12.2. The molecule has 0 aromatic heterocycles. The first kappa shape index (κ1) is 42.1. The number of nitrogens with zero attached hydrogens (tertiary/aromatic N) is 18. The summed E-state index contributed by atoms with van der Waals surface area (Å²) >= 11 is 0. The van der Waals surface area contributed by atoms with E-state index in [-0.39, 0.29) is 12.8 Å². The molecule has 3 aliphatic heterocycles. The Balaban J connectivity index is 1.67. The molecule has 0 radical (unpaired) electrons. The lowest BCUT2D eigenvalue weighted by Crippen LogP contribution is -2.62. The summed E-state index contributed by atoms with van der Waals surface area (Å²) in [7, 11) is 0. The molecule has 0 spiro atoms. The number of rotatable bonds is 15. The highest BCUT2D eigenvalue weighted by atomic mass is 19.1. The highest BCUT2D eigenvalue weighted by Crippen LogP contribution is 2.38. The lowest BCUT2D eigenvalue weighted by molar-refractivity contribution is -0.302. The number of ether oxygens (including phenoxy) is 6. The second kappa shape index (κ2) is 19.6. The highest BCUT2D eigenvalue weighted by Gasteiger charge is 2.55. The van der Waals surface area contributed by atoms with Crippen LogP contribution in [0.25, 0.3) is 62.7 Å². The van der Waals surface area contributed by atoms with Crippen molar-refractivity contribution >= 4 is 0 Å². The average molecular weight is 771 g/mol. The molecule has 3 heterocycles. The third kappa shape index (κ3) is 9.17. The summed E-state index contributed by atoms with van der Waals surface area (Å²) in [6, 6.07) is -6.20. The maximum Gasteiger partial charge on any atom is 0.187 e. The number of hydrogen-bond acceptors (Lipinski definition) is 17. The molecule has 0 aromatic rings. The van der Waals surface area contributed by atoms with E-state index in [0.29, 0.717) is 0 Å². The first-order valence-corrected chi connectivity index (χ1v) is 16.2. The third-order valence-electron chi connectivity index (χ3n) is 9.19. The number of azide groups is 6. The van der Waals surface area contributed by atoms with E-state index in [0.717, 1.165) is 0 Å². The number of aliphatic hydroxyl groups is 5. The molecule has 4 rings (SSSR count). The maximum atomic E-state index is 15.4. The van der Waals surface area contributed by atoms with Gasteiger partial charge in [-0.15, -0.1) is 0 Å². The summed E-state index contributed by atoms with van der Waals surface area (Å²) in [6.45, 7) is 0.555. The van der Waals surface area contributed by atoms with Crippen LogP contribution in [-0.2, 0) is 28.4 Å². The fourth-order valence-electron chi connectivity index (χ4n) is 6.55. The van der Waals surface area contributed by atoms with Crippen molar-refractivity contribution < 1.29 is 58.3 Å². The fraction of sp³-hybridized carbons (Fsp3) is 1.00. The predicted octanol–water partition coefficient (Wildman–Crippen LogP) is 1.61. The Labute approximate surface area is 301 Å². The topological polar surface area (TPSA) is 449 Å². The van der Waals surface area contributed by atoms with Gasteiger partial charge in [0.05, 0.1) is 61.8 Å². The van der Waals surface area contributed by atoms with E-state index < -0.39 is 129 Å². The van der Waals surface area contributed by atoms with Gasteiger partial charge in [0.25, 0.3) is 0 Å². The van der Waals surface area contributed by atoms with Gasteiger partial charge in [0.15, 0.2) is 18.9 Å². The van der Waals surface area contributed by atoms with E-state index in [1.807, 2.05) is 0 Å². The first-order chi connectivity index (χ1) is 26.0. The van der Waals surface area contributed by atoms with Crippen LogP contribution in [0.1, 0.15) is 19.8 Å². The molecule has 4 aliphatic rings. The molecule has 0 unspecified atom stereocenters. The van der Waals surface area contributed by atoms with Crippen LogP contribution in [0, 0.1) is 0 Å². The van der Waals surface area contributed by atoms with E-state index in [1.54, 1.807) is 6.92 Å². The molecule has 1 saturated carbocycles. The Hall–Kier alpha value is -4.65. The smallest absolute Gasteiger partial charge is 0.187 e. The summed E-state index contributed by atoms with van der Waals surface area (Å²) in [5.41, 5.74) is 54.3. The summed E-state index contributed by atoms with van der Waals surface area (Å²) in [4.78, 5) is 15.8. The molecular weight excluding hydrogens is 735 g/mol. The molecule has 19 atom stereocenters. The van der Waals surface area contributed by atoms with Crippen LogP contribution in [0.15, 0.2) is 30.7 Å². The fourth-order valence-corrected chi connectivity index (χ4v) is 6.55. The zero-order chi connectivity index (χ0) is 39.5. The molecule has 294 valence electrons. The SMILES string of the molecule is CC[C@H]1O[C@@H](O[C@@H]2[C@@H](O)[C@H](N=[N+]=[N-])C[C@H](N=[N+]=[N-])[C@H]2O[C@H]2O[C@H](CN=[N+]=[N-])[C@H](O)[C@H](F)[C@H]2N=[N+]=[N-])[C@H](O)[C@@H]1O[C@H]1O[C@@H](CN=[N+]=[N-])[C@@H](O)[C@H](O)[C@H]1N=[N+]=[N-]. The quantitative estimate of drug-likeness (QED) is 0.0904. The van der Waals surface area contributed by atoms with E-state index in [1.165, 1.54) is 0 Å². The molecule has 0 amide bonds. The van der Waals surface area contributed by atoms with Crippen molar-refractivity contribution in [3.8, 4) is 0 Å². The lowest BCUT2D eigenvalue weighted by Gasteiger charge is -2.46. The van der Waals surface area contributed by atoms with Crippen molar-refractivity contribution in [3.63, 3.8) is 0 Å². The van der Waals surface area contributed by atoms with Crippen molar-refractivity contribution in [2.75, 3.05) is 13.1 Å². The van der Waals surface area contributed by atoms with Crippen LogP contribution in [0.4, 0.5) is 4.39 Å². The van der Waals surface area contributed by atoms with Crippen LogP contribution < -0.4 is 0 Å². The molecule has 54 heavy (non-hydrogen) atoms. The van der Waals surface area contributed by atoms with Crippen molar-refractivity contribution in [3.05, 3.63) is 62.7 Å². The normalized spacial score (nSPS) is 43.1. The maximum absolute atomic E-state index is 15.4. The molecule has 0 aromatic carbocycles. The molecule has 0 bridgehead atoms. The average Bonchev–Trinajstić information content (AvgIpc) is 3.45. The Morgan fingerprint density at radius 1 is 0.556 bits per heavy atom. The van der Waals surface area contributed by atoms with Crippen LogP contribution >= 0.6 is 0 Å². The van der Waals surface area contributed by atoms with Crippen molar-refractivity contribution in [1.29, 1.82) is 0 Å². The molecular formula is C24H35FN18O11. The number of halogens is 1. The van der Waals surface area contributed by atoms with Gasteiger partial charge in [-0.2, -0.15) is 0 Å². The Morgan fingerprint density at radius 2 is 1.06 bits per heavy atom. The lowest BCUT2D eigenvalue weighted by atomic mass is 9.84. The van der Waals surface area contributed by atoms with Gasteiger partial charge in [0.1, 0.15) is 48.8 Å².